The number of rotatable bonds is 3. The van der Waals surface area contributed by atoms with Crippen molar-refractivity contribution in [2.24, 2.45) is 0 Å². The number of thiazole rings is 1. The summed E-state index contributed by atoms with van der Waals surface area (Å²) in [5.41, 5.74) is 8.04. The van der Waals surface area contributed by atoms with E-state index < -0.39 is 0 Å². The molecule has 0 saturated heterocycles. The summed E-state index contributed by atoms with van der Waals surface area (Å²) < 4.78 is 3.72. The molecule has 0 amide bonds. The molecule has 0 bridgehead atoms. The summed E-state index contributed by atoms with van der Waals surface area (Å²) in [4.78, 5) is 17.5. The van der Waals surface area contributed by atoms with E-state index in [0.29, 0.717) is 28.5 Å². The van der Waals surface area contributed by atoms with Gasteiger partial charge in [0, 0.05) is 0 Å². The van der Waals surface area contributed by atoms with Crippen LogP contribution in [0.5, 0.6) is 0 Å². The van der Waals surface area contributed by atoms with Gasteiger partial charge in [-0.1, -0.05) is 23.6 Å². The van der Waals surface area contributed by atoms with E-state index in [2.05, 4.69) is 31.8 Å². The Kier molecular flexibility index (Phi) is 4.21. The van der Waals surface area contributed by atoms with Gasteiger partial charge in [-0.05, 0) is 30.8 Å². The fourth-order valence-corrected chi connectivity index (χ4v) is 4.66. The maximum absolute atomic E-state index is 6.25. The average Bonchev–Trinajstić information content (AvgIpc) is 3.16. The predicted octanol–water partition coefficient (Wildman–Crippen LogP) is 3.85. The Balaban J connectivity index is 1.82. The molecule has 3 aromatic heterocycles. The first-order chi connectivity index (χ1) is 12.2. The molecule has 0 aliphatic rings. The molecule has 2 N–H and O–H groups in total. The largest absolute Gasteiger partial charge is 0.382 e. The van der Waals surface area contributed by atoms with Gasteiger partial charge in [-0.15, -0.1) is 17.3 Å². The molecule has 3 heterocycles. The van der Waals surface area contributed by atoms with Gasteiger partial charge in [0.2, 0.25) is 0 Å². The zero-order chi connectivity index (χ0) is 17.4. The third-order valence-corrected chi connectivity index (χ3v) is 6.05. The Hall–Kier alpha value is -2.34. The monoisotopic (exact) mass is 386 g/mol. The molecule has 0 aliphatic carbocycles. The molecule has 0 atom stereocenters. The van der Waals surface area contributed by atoms with Crippen LogP contribution in [-0.2, 0) is 6.54 Å². The smallest absolute Gasteiger partial charge is 0.178 e. The molecule has 124 valence electrons. The summed E-state index contributed by atoms with van der Waals surface area (Å²) in [6.07, 6.45) is 1.43. The van der Waals surface area contributed by atoms with Gasteiger partial charge in [-0.25, -0.2) is 19.9 Å². The second-order valence-corrected chi connectivity index (χ2v) is 7.63. The van der Waals surface area contributed by atoms with Gasteiger partial charge in [-0.3, -0.25) is 4.57 Å². The molecule has 4 rings (SSSR count). The Bertz CT molecular complexity index is 1150. The Morgan fingerprint density at radius 2 is 2.20 bits per heavy atom. The third-order valence-electron chi connectivity index (χ3n) is 3.47. The second kappa shape index (κ2) is 6.52. The van der Waals surface area contributed by atoms with Gasteiger partial charge in [0.15, 0.2) is 26.5 Å². The van der Waals surface area contributed by atoms with Crippen molar-refractivity contribution in [3.05, 3.63) is 29.5 Å². The number of nitrogens with two attached hydrogens (primary N) is 1. The quantitative estimate of drug-likeness (QED) is 0.538. The fraction of sp³-hybridized carbons (Fsp3) is 0.125. The summed E-state index contributed by atoms with van der Waals surface area (Å²) in [5, 5.41) is 1.42. The highest BCUT2D eigenvalue weighted by atomic mass is 35.5. The molecule has 9 heteroatoms. The lowest BCUT2D eigenvalue weighted by atomic mass is 10.3. The number of hydrogen-bond donors (Lipinski definition) is 1. The number of imidazole rings is 1. The van der Waals surface area contributed by atoms with E-state index in [9.17, 15) is 0 Å². The SMILES string of the molecule is CC#CCn1c(Sc2nc3cccc(Cl)c3s2)nc2c(N)ncnc21. The maximum Gasteiger partial charge on any atom is 0.178 e. The molecule has 0 radical (unpaired) electrons. The second-order valence-electron chi connectivity index (χ2n) is 5.01. The molecule has 4 aromatic rings. The number of fused-ring (bicyclic) bond motifs is 2. The van der Waals surface area contributed by atoms with E-state index >= 15 is 0 Å². The summed E-state index contributed by atoms with van der Waals surface area (Å²) in [6.45, 7) is 2.27. The van der Waals surface area contributed by atoms with Gasteiger partial charge in [-0.2, -0.15) is 0 Å². The number of aromatic nitrogens is 5. The van der Waals surface area contributed by atoms with E-state index in [0.717, 1.165) is 19.7 Å². The van der Waals surface area contributed by atoms with Crippen LogP contribution in [0.15, 0.2) is 34.0 Å². The van der Waals surface area contributed by atoms with Crippen LogP contribution in [0, 0.1) is 11.8 Å². The van der Waals surface area contributed by atoms with Crippen molar-refractivity contribution in [1.29, 1.82) is 0 Å². The van der Waals surface area contributed by atoms with Gasteiger partial charge in [0.25, 0.3) is 0 Å². The van der Waals surface area contributed by atoms with E-state index in [1.807, 2.05) is 22.8 Å². The molecule has 0 spiro atoms. The van der Waals surface area contributed by atoms with Crippen molar-refractivity contribution in [2.45, 2.75) is 23.0 Å². The Labute approximate surface area is 156 Å². The van der Waals surface area contributed by atoms with Crippen LogP contribution >= 0.6 is 34.7 Å². The first kappa shape index (κ1) is 16.1. The summed E-state index contributed by atoms with van der Waals surface area (Å²) in [7, 11) is 0. The Morgan fingerprint density at radius 3 is 3.00 bits per heavy atom. The van der Waals surface area contributed by atoms with Crippen molar-refractivity contribution < 1.29 is 0 Å². The van der Waals surface area contributed by atoms with Gasteiger partial charge >= 0.3 is 0 Å². The first-order valence-electron chi connectivity index (χ1n) is 7.26. The van der Waals surface area contributed by atoms with E-state index in [1.165, 1.54) is 29.4 Å². The maximum atomic E-state index is 6.25. The highest BCUT2D eigenvalue weighted by Gasteiger charge is 2.17. The lowest BCUT2D eigenvalue weighted by Crippen LogP contribution is -2.00. The number of hydrogen-bond acceptors (Lipinski definition) is 7. The molecule has 0 unspecified atom stereocenters. The van der Waals surface area contributed by atoms with Gasteiger partial charge in [0.05, 0.1) is 21.8 Å². The number of nitrogen functional groups attached to an aromatic ring is 1. The van der Waals surface area contributed by atoms with E-state index in [-0.39, 0.29) is 0 Å². The minimum absolute atomic E-state index is 0.349. The van der Waals surface area contributed by atoms with Crippen molar-refractivity contribution in [3.63, 3.8) is 0 Å². The predicted molar refractivity (Wildman–Crippen MR) is 102 cm³/mol. The molecular formula is C16H11ClN6S2. The molecule has 0 fully saturated rings. The van der Waals surface area contributed by atoms with Crippen molar-refractivity contribution >= 4 is 61.9 Å². The molecular weight excluding hydrogens is 376 g/mol. The zero-order valence-electron chi connectivity index (χ0n) is 13.0. The highest BCUT2D eigenvalue weighted by Crippen LogP contribution is 2.37. The van der Waals surface area contributed by atoms with Crippen molar-refractivity contribution in [1.82, 2.24) is 24.5 Å². The van der Waals surface area contributed by atoms with Crippen LogP contribution in [-0.4, -0.2) is 24.5 Å². The number of halogens is 1. The standard InChI is InChI=1S/C16H11ClN6S2/c1-2-3-7-23-14-11(13(18)19-8-20-14)22-15(23)25-16-21-10-6-4-5-9(17)12(10)24-16/h4-6,8H,7H2,1H3,(H2,18,19,20). The van der Waals surface area contributed by atoms with Gasteiger partial charge in [0.1, 0.15) is 6.33 Å². The fourth-order valence-electron chi connectivity index (χ4n) is 2.33. The van der Waals surface area contributed by atoms with Crippen LogP contribution in [0.25, 0.3) is 21.4 Å². The van der Waals surface area contributed by atoms with Crippen molar-refractivity contribution in [3.8, 4) is 11.8 Å². The molecule has 25 heavy (non-hydrogen) atoms. The Morgan fingerprint density at radius 1 is 1.32 bits per heavy atom. The minimum Gasteiger partial charge on any atom is -0.382 e. The van der Waals surface area contributed by atoms with E-state index in [1.54, 1.807) is 6.92 Å². The van der Waals surface area contributed by atoms with E-state index in [4.69, 9.17) is 17.3 Å². The average molecular weight is 387 g/mol. The number of nitrogens with zero attached hydrogens (tertiary/aromatic N) is 5. The minimum atomic E-state index is 0.349. The zero-order valence-corrected chi connectivity index (χ0v) is 15.4. The third kappa shape index (κ3) is 2.91. The highest BCUT2D eigenvalue weighted by molar-refractivity contribution is 8.01. The lowest BCUT2D eigenvalue weighted by molar-refractivity contribution is 0.753. The van der Waals surface area contributed by atoms with Gasteiger partial charge < -0.3 is 5.73 Å². The van der Waals surface area contributed by atoms with Crippen LogP contribution in [0.1, 0.15) is 6.92 Å². The number of anilines is 1. The first-order valence-corrected chi connectivity index (χ1v) is 9.27. The van der Waals surface area contributed by atoms with Crippen LogP contribution < -0.4 is 5.73 Å². The summed E-state index contributed by atoms with van der Waals surface area (Å²) in [5.74, 6) is 6.29. The molecule has 0 aliphatic heterocycles. The van der Waals surface area contributed by atoms with Crippen LogP contribution in [0.4, 0.5) is 5.82 Å². The molecule has 6 nitrogen and oxygen atoms in total. The lowest BCUT2D eigenvalue weighted by Gasteiger charge is -2.02. The number of benzene rings is 1. The topological polar surface area (TPSA) is 82.5 Å². The summed E-state index contributed by atoms with van der Waals surface area (Å²) in [6, 6.07) is 5.69. The van der Waals surface area contributed by atoms with Crippen LogP contribution in [0.3, 0.4) is 0 Å². The normalized spacial score (nSPS) is 11.0. The van der Waals surface area contributed by atoms with Crippen LogP contribution in [0.2, 0.25) is 5.02 Å². The van der Waals surface area contributed by atoms with Crippen molar-refractivity contribution in [2.75, 3.05) is 5.73 Å². The molecule has 0 saturated carbocycles. The summed E-state index contributed by atoms with van der Waals surface area (Å²) >= 11 is 9.22. The molecule has 1 aromatic carbocycles.